The molecule has 0 saturated carbocycles. The molecule has 5 rings (SSSR count). The van der Waals surface area contributed by atoms with E-state index in [1.807, 2.05) is 25.1 Å². The number of benzene rings is 2. The number of amides is 1. The van der Waals surface area contributed by atoms with Crippen LogP contribution < -0.4 is 15.4 Å². The van der Waals surface area contributed by atoms with Gasteiger partial charge in [-0.1, -0.05) is 12.1 Å². The van der Waals surface area contributed by atoms with Gasteiger partial charge in [-0.3, -0.25) is 4.57 Å². The highest BCUT2D eigenvalue weighted by molar-refractivity contribution is 5.98. The number of hydrogen-bond acceptors (Lipinski definition) is 5. The van der Waals surface area contributed by atoms with Gasteiger partial charge in [0.2, 0.25) is 5.88 Å². The lowest BCUT2D eigenvalue weighted by atomic mass is 10.1. The molecule has 0 fully saturated rings. The molecule has 1 aliphatic heterocycles. The molecular formula is C23H20FN5O2. The van der Waals surface area contributed by atoms with Crippen LogP contribution in [0.1, 0.15) is 16.8 Å². The molecule has 2 aromatic carbocycles. The molecule has 0 radical (unpaired) electrons. The summed E-state index contributed by atoms with van der Waals surface area (Å²) in [6.07, 6.45) is 3.74. The topological polar surface area (TPSA) is 81.1 Å². The lowest BCUT2D eigenvalue weighted by Crippen LogP contribution is -2.25. The zero-order valence-corrected chi connectivity index (χ0v) is 16.9. The highest BCUT2D eigenvalue weighted by Gasteiger charge is 2.19. The van der Waals surface area contributed by atoms with Crippen LogP contribution in [-0.2, 0) is 13.0 Å². The fraction of sp³-hybridized carbons (Fsp3) is 0.174. The average Bonchev–Trinajstić information content (AvgIpc) is 3.17. The molecule has 8 heteroatoms. The van der Waals surface area contributed by atoms with E-state index >= 15 is 0 Å². The summed E-state index contributed by atoms with van der Waals surface area (Å²) in [6, 6.07) is 11.7. The average molecular weight is 417 g/mol. The lowest BCUT2D eigenvalue weighted by Gasteiger charge is -2.18. The van der Waals surface area contributed by atoms with Crippen molar-refractivity contribution < 1.29 is 13.9 Å². The molecule has 2 aromatic heterocycles. The maximum Gasteiger partial charge on any atom is 0.330 e. The number of anilines is 1. The Morgan fingerprint density at radius 2 is 2.13 bits per heavy atom. The minimum atomic E-state index is -0.572. The second kappa shape index (κ2) is 7.81. The summed E-state index contributed by atoms with van der Waals surface area (Å²) >= 11 is 0. The van der Waals surface area contributed by atoms with Crippen LogP contribution in [0.25, 0.3) is 10.9 Å². The molecule has 1 aliphatic rings. The number of aromatic nitrogens is 3. The van der Waals surface area contributed by atoms with Gasteiger partial charge >= 0.3 is 6.03 Å². The van der Waals surface area contributed by atoms with Crippen LogP contribution in [0.2, 0.25) is 0 Å². The number of carbonyl (C=O) groups excluding carboxylic acids is 1. The number of carbonyl (C=O) groups is 1. The number of hydrogen-bond donors (Lipinski definition) is 2. The van der Waals surface area contributed by atoms with Crippen LogP contribution in [0, 0.1) is 12.7 Å². The van der Waals surface area contributed by atoms with Crippen LogP contribution in [0.15, 0.2) is 55.0 Å². The quantitative estimate of drug-likeness (QED) is 0.517. The molecule has 4 aromatic rings. The summed E-state index contributed by atoms with van der Waals surface area (Å²) in [7, 11) is 0. The minimum absolute atomic E-state index is 0.0591. The third kappa shape index (κ3) is 3.73. The van der Waals surface area contributed by atoms with Gasteiger partial charge < -0.3 is 15.4 Å². The van der Waals surface area contributed by atoms with Crippen molar-refractivity contribution in [2.45, 2.75) is 19.9 Å². The zero-order chi connectivity index (χ0) is 21.4. The third-order valence-electron chi connectivity index (χ3n) is 5.28. The van der Waals surface area contributed by atoms with Crippen molar-refractivity contribution >= 4 is 22.6 Å². The first-order chi connectivity index (χ1) is 15.1. The van der Waals surface area contributed by atoms with Gasteiger partial charge in [0.1, 0.15) is 6.33 Å². The van der Waals surface area contributed by atoms with Gasteiger partial charge in [0.25, 0.3) is 0 Å². The molecule has 0 unspecified atom stereocenters. The van der Waals surface area contributed by atoms with Crippen molar-refractivity contribution in [3.05, 3.63) is 77.6 Å². The number of rotatable bonds is 3. The summed E-state index contributed by atoms with van der Waals surface area (Å²) in [5.74, 6) is -0.151. The molecule has 0 spiro atoms. The van der Waals surface area contributed by atoms with Crippen molar-refractivity contribution in [3.8, 4) is 11.6 Å². The van der Waals surface area contributed by atoms with E-state index in [0.29, 0.717) is 35.4 Å². The van der Waals surface area contributed by atoms with E-state index in [2.05, 4.69) is 20.6 Å². The van der Waals surface area contributed by atoms with Crippen molar-refractivity contribution in [3.63, 3.8) is 0 Å². The van der Waals surface area contributed by atoms with Gasteiger partial charge in [0.05, 0.1) is 11.2 Å². The summed E-state index contributed by atoms with van der Waals surface area (Å²) in [5, 5.41) is 6.75. The van der Waals surface area contributed by atoms with Gasteiger partial charge in [-0.25, -0.2) is 19.2 Å². The summed E-state index contributed by atoms with van der Waals surface area (Å²) in [4.78, 5) is 21.2. The van der Waals surface area contributed by atoms with Gasteiger partial charge in [-0.15, -0.1) is 0 Å². The zero-order valence-electron chi connectivity index (χ0n) is 16.9. The van der Waals surface area contributed by atoms with E-state index in [1.165, 1.54) is 17.0 Å². The third-order valence-corrected chi connectivity index (χ3v) is 5.28. The number of ether oxygens (including phenoxy) is 1. The first-order valence-electron chi connectivity index (χ1n) is 9.98. The minimum Gasteiger partial charge on any atom is -0.436 e. The van der Waals surface area contributed by atoms with Gasteiger partial charge in [0.15, 0.2) is 11.6 Å². The van der Waals surface area contributed by atoms with Gasteiger partial charge in [-0.2, -0.15) is 0 Å². The highest BCUT2D eigenvalue weighted by atomic mass is 19.1. The fourth-order valence-electron chi connectivity index (χ4n) is 3.74. The molecule has 1 amide bonds. The fourth-order valence-corrected chi connectivity index (χ4v) is 3.74. The van der Waals surface area contributed by atoms with Crippen molar-refractivity contribution in [2.75, 3.05) is 11.9 Å². The molecule has 3 heterocycles. The van der Waals surface area contributed by atoms with Gasteiger partial charge in [0, 0.05) is 35.4 Å². The Hall–Kier alpha value is -3.78. The summed E-state index contributed by atoms with van der Waals surface area (Å²) in [6.45, 7) is 3.37. The molecule has 0 saturated heterocycles. The van der Waals surface area contributed by atoms with E-state index in [0.717, 1.165) is 23.4 Å². The Balaban J connectivity index is 1.44. The molecule has 7 nitrogen and oxygen atoms in total. The first-order valence-corrected chi connectivity index (χ1v) is 9.98. The highest BCUT2D eigenvalue weighted by Crippen LogP contribution is 2.31. The molecule has 156 valence electrons. The normalized spacial score (nSPS) is 13.1. The Morgan fingerprint density at radius 1 is 1.23 bits per heavy atom. The monoisotopic (exact) mass is 417 g/mol. The van der Waals surface area contributed by atoms with E-state index < -0.39 is 5.82 Å². The maximum absolute atomic E-state index is 14.9. The SMILES string of the molecule is Cc1cccc(NC(=O)n2ccc3cc(Oc4ncnc5c4CCNC5)c(F)cc32)c1. The molecule has 0 atom stereocenters. The number of aryl methyl sites for hydroxylation is 1. The summed E-state index contributed by atoms with van der Waals surface area (Å²) < 4.78 is 22.1. The Morgan fingerprint density at radius 3 is 3.00 bits per heavy atom. The van der Waals surface area contributed by atoms with Crippen molar-refractivity contribution in [2.24, 2.45) is 0 Å². The van der Waals surface area contributed by atoms with E-state index in [1.54, 1.807) is 24.4 Å². The van der Waals surface area contributed by atoms with Gasteiger partial charge in [-0.05, 0) is 49.7 Å². The number of nitrogens with one attached hydrogen (secondary N) is 2. The molecule has 2 N–H and O–H groups in total. The number of halogens is 1. The van der Waals surface area contributed by atoms with Crippen LogP contribution in [0.5, 0.6) is 11.6 Å². The van der Waals surface area contributed by atoms with E-state index in [4.69, 9.17) is 4.74 Å². The maximum atomic E-state index is 14.9. The van der Waals surface area contributed by atoms with E-state index in [-0.39, 0.29) is 11.8 Å². The summed E-state index contributed by atoms with van der Waals surface area (Å²) in [5.41, 5.74) is 3.90. The van der Waals surface area contributed by atoms with Crippen molar-refractivity contribution in [1.29, 1.82) is 0 Å². The lowest BCUT2D eigenvalue weighted by molar-refractivity contribution is 0.254. The van der Waals surface area contributed by atoms with Crippen LogP contribution in [0.4, 0.5) is 14.9 Å². The molecule has 0 aliphatic carbocycles. The van der Waals surface area contributed by atoms with E-state index in [9.17, 15) is 9.18 Å². The van der Waals surface area contributed by atoms with Crippen molar-refractivity contribution in [1.82, 2.24) is 19.9 Å². The smallest absolute Gasteiger partial charge is 0.330 e. The predicted octanol–water partition coefficient (Wildman–Crippen LogP) is 4.40. The molecule has 0 bridgehead atoms. The Labute approximate surface area is 177 Å². The first kappa shape index (κ1) is 19.2. The van der Waals surface area contributed by atoms with Crippen LogP contribution in [0.3, 0.4) is 0 Å². The number of nitrogens with zero attached hydrogens (tertiary/aromatic N) is 3. The van der Waals surface area contributed by atoms with Crippen LogP contribution in [-0.4, -0.2) is 27.1 Å². The Bertz CT molecular complexity index is 1300. The predicted molar refractivity (Wildman–Crippen MR) is 115 cm³/mol. The second-order valence-corrected chi connectivity index (χ2v) is 7.46. The Kier molecular flexibility index (Phi) is 4.83. The standard InChI is InChI=1S/C23H20FN5O2/c1-14-3-2-4-16(9-14)28-23(30)29-8-6-15-10-21(18(24)11-20(15)29)31-22-17-5-7-25-12-19(17)26-13-27-22/h2-4,6,8-11,13,25H,5,7,12H2,1H3,(H,28,30). The molecule has 31 heavy (non-hydrogen) atoms. The largest absolute Gasteiger partial charge is 0.436 e. The number of fused-ring (bicyclic) bond motifs is 2. The molecular weight excluding hydrogens is 397 g/mol. The second-order valence-electron chi connectivity index (χ2n) is 7.46. The van der Waals surface area contributed by atoms with Crippen LogP contribution >= 0.6 is 0 Å².